The first kappa shape index (κ1) is 14.0. The van der Waals surface area contributed by atoms with E-state index < -0.39 is 10.1 Å². The predicted molar refractivity (Wildman–Crippen MR) is 58.3 cm³/mol. The lowest BCUT2D eigenvalue weighted by atomic mass is 10.2. The van der Waals surface area contributed by atoms with Crippen molar-refractivity contribution in [2.75, 3.05) is 0 Å². The molecule has 1 N–H and O–H groups in total. The lowest BCUT2D eigenvalue weighted by Crippen LogP contribution is -2.01. The van der Waals surface area contributed by atoms with Crippen LogP contribution >= 0.6 is 35.6 Å². The first-order valence-corrected chi connectivity index (χ1v) is 5.45. The van der Waals surface area contributed by atoms with Crippen LogP contribution in [0.5, 0.6) is 0 Å². The first-order valence-electron chi connectivity index (χ1n) is 3.25. The average Bonchev–Trinajstić information content (AvgIpc) is 1.78. The minimum Gasteiger partial charge on any atom is -0.282 e. The fourth-order valence-electron chi connectivity index (χ4n) is 1.02. The van der Waals surface area contributed by atoms with E-state index in [1.54, 1.807) is 0 Å². The number of hydrogen-bond acceptors (Lipinski definition) is 2. The summed E-state index contributed by atoms with van der Waals surface area (Å²) >= 11 is 11.2. The molecule has 0 radical (unpaired) electrons. The fourth-order valence-corrected chi connectivity index (χ4v) is 2.67. The van der Waals surface area contributed by atoms with Crippen LogP contribution in [0.4, 0.5) is 0 Å². The molecule has 0 amide bonds. The second kappa shape index (κ2) is 4.68. The van der Waals surface area contributed by atoms with E-state index in [-0.39, 0.29) is 22.3 Å². The van der Waals surface area contributed by atoms with Crippen molar-refractivity contribution >= 4 is 45.7 Å². The molecule has 0 unspecified atom stereocenters. The number of rotatable bonds is 1. The van der Waals surface area contributed by atoms with Crippen LogP contribution in [0.25, 0.3) is 0 Å². The van der Waals surface area contributed by atoms with E-state index in [1.807, 2.05) is 0 Å². The van der Waals surface area contributed by atoms with Gasteiger partial charge in [-0.3, -0.25) is 4.55 Å². The van der Waals surface area contributed by atoms with Crippen LogP contribution in [-0.2, 0) is 10.1 Å². The van der Waals surface area contributed by atoms with E-state index in [9.17, 15) is 8.42 Å². The highest BCUT2D eigenvalue weighted by molar-refractivity contribution is 7.86. The molecular weight excluding hydrogens is 270 g/mol. The Labute approximate surface area is 98.2 Å². The molecule has 0 aliphatic heterocycles. The smallest absolute Gasteiger partial charge is 0.282 e. The van der Waals surface area contributed by atoms with Gasteiger partial charge in [-0.1, -0.05) is 23.2 Å². The van der Waals surface area contributed by atoms with Crippen molar-refractivity contribution in [2.45, 2.75) is 11.8 Å². The number of hydrogen-bond donors (Lipinski definition) is 1. The summed E-state index contributed by atoms with van der Waals surface area (Å²) in [4.78, 5) is -0.293. The van der Waals surface area contributed by atoms with E-state index in [0.29, 0.717) is 10.6 Å². The first-order chi connectivity index (χ1) is 5.82. The van der Waals surface area contributed by atoms with Gasteiger partial charge in [0.1, 0.15) is 4.90 Å². The highest BCUT2D eigenvalue weighted by atomic mass is 35.5. The fraction of sp³-hybridized carbons (Fsp3) is 0.143. The molecule has 0 bridgehead atoms. The maximum atomic E-state index is 10.8. The summed E-state index contributed by atoms with van der Waals surface area (Å²) < 4.78 is 30.4. The van der Waals surface area contributed by atoms with Crippen LogP contribution in [0, 0.1) is 6.92 Å². The number of benzene rings is 1. The lowest BCUT2D eigenvalue weighted by Gasteiger charge is -2.04. The molecule has 0 saturated carbocycles. The van der Waals surface area contributed by atoms with Gasteiger partial charge in [0.15, 0.2) is 0 Å². The minimum absolute atomic E-state index is 0. The van der Waals surface area contributed by atoms with Gasteiger partial charge in [-0.05, 0) is 24.6 Å². The van der Waals surface area contributed by atoms with E-state index in [0.717, 1.165) is 0 Å². The molecule has 0 atom stereocenters. The second-order valence-electron chi connectivity index (χ2n) is 2.51. The largest absolute Gasteiger partial charge is 0.296 e. The molecule has 1 aromatic rings. The maximum absolute atomic E-state index is 10.8. The Bertz CT molecular complexity index is 418. The quantitative estimate of drug-likeness (QED) is 0.803. The Hall–Kier alpha value is -0.000000000000000111. The lowest BCUT2D eigenvalue weighted by molar-refractivity contribution is 0.482. The van der Waals surface area contributed by atoms with Crippen LogP contribution in [0.2, 0.25) is 10.0 Å². The van der Waals surface area contributed by atoms with Crippen molar-refractivity contribution in [3.63, 3.8) is 0 Å². The summed E-state index contributed by atoms with van der Waals surface area (Å²) in [6.07, 6.45) is 0. The second-order valence-corrected chi connectivity index (χ2v) is 4.71. The summed E-state index contributed by atoms with van der Waals surface area (Å²) in [5.74, 6) is 0. The van der Waals surface area contributed by atoms with Gasteiger partial charge in [0.05, 0.1) is 5.02 Å². The van der Waals surface area contributed by atoms with Crippen molar-refractivity contribution in [1.82, 2.24) is 0 Å². The summed E-state index contributed by atoms with van der Waals surface area (Å²) in [5, 5.41) is 0.252. The van der Waals surface area contributed by atoms with Gasteiger partial charge >= 0.3 is 0 Å². The average molecular weight is 278 g/mol. The molecule has 0 saturated heterocycles. The predicted octanol–water partition coefficient (Wildman–Crippen LogP) is 2.97. The highest BCUT2D eigenvalue weighted by Crippen LogP contribution is 2.28. The Morgan fingerprint density at radius 3 is 2.14 bits per heavy atom. The summed E-state index contributed by atoms with van der Waals surface area (Å²) in [6.45, 7) is 1.50. The van der Waals surface area contributed by atoms with Crippen molar-refractivity contribution in [1.29, 1.82) is 0 Å². The van der Waals surface area contributed by atoms with E-state index in [1.165, 1.54) is 19.1 Å². The SMILES string of the molecule is Cc1cc(Cl)cc(Cl)c1S(=O)(=O)O.Cl. The van der Waals surface area contributed by atoms with E-state index in [4.69, 9.17) is 27.8 Å². The number of aryl methyl sites for hydroxylation is 1. The van der Waals surface area contributed by atoms with Crippen molar-refractivity contribution in [2.24, 2.45) is 0 Å². The Morgan fingerprint density at radius 2 is 1.79 bits per heavy atom. The van der Waals surface area contributed by atoms with Gasteiger partial charge in [-0.2, -0.15) is 8.42 Å². The summed E-state index contributed by atoms with van der Waals surface area (Å²) in [7, 11) is -4.27. The molecule has 0 spiro atoms. The van der Waals surface area contributed by atoms with Crippen molar-refractivity contribution in [3.8, 4) is 0 Å². The molecule has 0 aromatic heterocycles. The van der Waals surface area contributed by atoms with Crippen LogP contribution in [0.3, 0.4) is 0 Å². The van der Waals surface area contributed by atoms with Gasteiger partial charge in [0.25, 0.3) is 10.1 Å². The van der Waals surface area contributed by atoms with Gasteiger partial charge in [-0.15, -0.1) is 12.4 Å². The van der Waals surface area contributed by atoms with Crippen LogP contribution in [-0.4, -0.2) is 13.0 Å². The molecule has 0 fully saturated rings. The standard InChI is InChI=1S/C7H6Cl2O3S.ClH/c1-4-2-5(8)3-6(9)7(4)13(10,11)12;/h2-3H,1H3,(H,10,11,12);1H. The third-order valence-electron chi connectivity index (χ3n) is 1.45. The molecule has 1 aromatic carbocycles. The Balaban J connectivity index is 0.00000169. The third-order valence-corrected chi connectivity index (χ3v) is 3.14. The topological polar surface area (TPSA) is 54.4 Å². The molecule has 80 valence electrons. The molecule has 0 heterocycles. The summed E-state index contributed by atoms with van der Waals surface area (Å²) in [5.41, 5.74) is 0.319. The minimum atomic E-state index is -4.27. The van der Waals surface area contributed by atoms with E-state index in [2.05, 4.69) is 0 Å². The van der Waals surface area contributed by atoms with Gasteiger partial charge in [0.2, 0.25) is 0 Å². The van der Waals surface area contributed by atoms with Gasteiger partial charge in [-0.25, -0.2) is 0 Å². The van der Waals surface area contributed by atoms with Gasteiger partial charge < -0.3 is 0 Å². The zero-order valence-corrected chi connectivity index (χ0v) is 10.1. The van der Waals surface area contributed by atoms with E-state index >= 15 is 0 Å². The van der Waals surface area contributed by atoms with Crippen molar-refractivity contribution in [3.05, 3.63) is 27.7 Å². The third kappa shape index (κ3) is 3.00. The molecule has 3 nitrogen and oxygen atoms in total. The van der Waals surface area contributed by atoms with Crippen molar-refractivity contribution < 1.29 is 13.0 Å². The molecule has 0 aliphatic carbocycles. The maximum Gasteiger partial charge on any atom is 0.296 e. The molecular formula is C7H7Cl3O3S. The van der Waals surface area contributed by atoms with Crippen LogP contribution in [0.15, 0.2) is 17.0 Å². The summed E-state index contributed by atoms with van der Waals surface area (Å²) in [6, 6.07) is 2.68. The Morgan fingerprint density at radius 1 is 1.29 bits per heavy atom. The zero-order chi connectivity index (χ0) is 10.2. The van der Waals surface area contributed by atoms with Crippen LogP contribution in [0.1, 0.15) is 5.56 Å². The molecule has 1 rings (SSSR count). The highest BCUT2D eigenvalue weighted by Gasteiger charge is 2.17. The molecule has 7 heteroatoms. The monoisotopic (exact) mass is 276 g/mol. The normalized spacial score (nSPS) is 10.9. The van der Waals surface area contributed by atoms with Gasteiger partial charge in [0, 0.05) is 5.02 Å². The molecule has 0 aliphatic rings. The van der Waals surface area contributed by atoms with Crippen LogP contribution < -0.4 is 0 Å². The zero-order valence-electron chi connectivity index (χ0n) is 6.99. The molecule has 14 heavy (non-hydrogen) atoms. The Kier molecular flexibility index (Phi) is 4.68. The number of halogens is 3.